The van der Waals surface area contributed by atoms with Crippen LogP contribution in [-0.4, -0.2) is 19.6 Å². The number of rotatable bonds is 4. The number of anilines is 1. The fourth-order valence-electron chi connectivity index (χ4n) is 4.37. The molecule has 4 rings (SSSR count). The van der Waals surface area contributed by atoms with Crippen LogP contribution in [0.25, 0.3) is 0 Å². The van der Waals surface area contributed by atoms with Crippen LogP contribution in [0.1, 0.15) is 36.8 Å². The lowest BCUT2D eigenvalue weighted by molar-refractivity contribution is 0.245. The lowest BCUT2D eigenvalue weighted by Crippen LogP contribution is -2.41. The summed E-state index contributed by atoms with van der Waals surface area (Å²) in [7, 11) is 1.91. The predicted molar refractivity (Wildman–Crippen MR) is 115 cm³/mol. The zero-order chi connectivity index (χ0) is 18.9. The average molecular weight is 446 g/mol. The number of halogens is 1. The van der Waals surface area contributed by atoms with Crippen LogP contribution in [0.4, 0.5) is 10.5 Å². The number of amides is 2. The first-order chi connectivity index (χ1) is 13.1. The second-order valence-corrected chi connectivity index (χ2v) is 9.34. The smallest absolute Gasteiger partial charge is 0.322 e. The molecular weight excluding hydrogens is 422 g/mol. The highest BCUT2D eigenvalue weighted by atomic mass is 79.9. The number of benzene rings is 2. The van der Waals surface area contributed by atoms with Gasteiger partial charge in [0.05, 0.1) is 0 Å². The van der Waals surface area contributed by atoms with Crippen LogP contribution in [0.5, 0.6) is 0 Å². The Balaban J connectivity index is 1.48. The van der Waals surface area contributed by atoms with Crippen LogP contribution in [0.2, 0.25) is 0 Å². The SMILES string of the molecule is CNSc1ccc(CNC(=O)N2CC3(CCCC3)c3cc(Br)ccc32)cc1. The number of nitrogens with one attached hydrogen (secondary N) is 2. The first-order valence-electron chi connectivity index (χ1n) is 9.39. The molecular formula is C21H24BrN3OS. The maximum atomic E-state index is 13.0. The van der Waals surface area contributed by atoms with E-state index in [1.54, 1.807) is 11.9 Å². The molecule has 0 bridgehead atoms. The molecule has 1 aliphatic heterocycles. The van der Waals surface area contributed by atoms with Crippen molar-refractivity contribution in [3.05, 3.63) is 58.1 Å². The van der Waals surface area contributed by atoms with Gasteiger partial charge in [0.2, 0.25) is 0 Å². The summed E-state index contributed by atoms with van der Waals surface area (Å²) in [6, 6.07) is 14.6. The summed E-state index contributed by atoms with van der Waals surface area (Å²) in [6.45, 7) is 1.33. The van der Waals surface area contributed by atoms with Gasteiger partial charge in [0.25, 0.3) is 0 Å². The fraction of sp³-hybridized carbons (Fsp3) is 0.381. The molecule has 1 spiro atoms. The minimum absolute atomic E-state index is 0.00368. The van der Waals surface area contributed by atoms with Crippen LogP contribution < -0.4 is 14.9 Å². The molecule has 2 amide bonds. The van der Waals surface area contributed by atoms with E-state index in [9.17, 15) is 4.79 Å². The van der Waals surface area contributed by atoms with Gasteiger partial charge >= 0.3 is 6.03 Å². The minimum atomic E-state index is -0.00368. The zero-order valence-corrected chi connectivity index (χ0v) is 17.8. The molecule has 142 valence electrons. The monoisotopic (exact) mass is 445 g/mol. The molecule has 0 saturated heterocycles. The second-order valence-electron chi connectivity index (χ2n) is 7.34. The van der Waals surface area contributed by atoms with E-state index in [2.05, 4.69) is 62.4 Å². The lowest BCUT2D eigenvalue weighted by Gasteiger charge is -2.25. The van der Waals surface area contributed by atoms with E-state index in [4.69, 9.17) is 0 Å². The highest BCUT2D eigenvalue weighted by Gasteiger charge is 2.46. The van der Waals surface area contributed by atoms with E-state index >= 15 is 0 Å². The molecule has 0 unspecified atom stereocenters. The topological polar surface area (TPSA) is 44.4 Å². The van der Waals surface area contributed by atoms with Gasteiger partial charge < -0.3 is 5.32 Å². The van der Waals surface area contributed by atoms with E-state index in [1.165, 1.54) is 31.2 Å². The first kappa shape index (κ1) is 18.8. The molecule has 2 aromatic rings. The van der Waals surface area contributed by atoms with Crippen molar-refractivity contribution >= 4 is 39.6 Å². The van der Waals surface area contributed by atoms with E-state index in [-0.39, 0.29) is 11.4 Å². The second kappa shape index (κ2) is 7.86. The molecule has 1 heterocycles. The van der Waals surface area contributed by atoms with E-state index in [1.807, 2.05) is 18.0 Å². The quantitative estimate of drug-likeness (QED) is 0.634. The molecule has 4 nitrogen and oxygen atoms in total. The third kappa shape index (κ3) is 3.75. The van der Waals surface area contributed by atoms with Gasteiger partial charge in [-0.1, -0.05) is 40.9 Å². The Kier molecular flexibility index (Phi) is 5.48. The fourth-order valence-corrected chi connectivity index (χ4v) is 5.24. The van der Waals surface area contributed by atoms with Gasteiger partial charge in [0.15, 0.2) is 0 Å². The van der Waals surface area contributed by atoms with Crippen LogP contribution in [0, 0.1) is 0 Å². The number of hydrogen-bond donors (Lipinski definition) is 2. The first-order valence-corrected chi connectivity index (χ1v) is 11.0. The van der Waals surface area contributed by atoms with Gasteiger partial charge in [-0.25, -0.2) is 4.79 Å². The molecule has 0 radical (unpaired) electrons. The normalized spacial score (nSPS) is 17.3. The molecule has 2 aromatic carbocycles. The summed E-state index contributed by atoms with van der Waals surface area (Å²) in [5, 5.41) is 3.11. The molecule has 2 N–H and O–H groups in total. The standard InChI is InChI=1S/C21H24BrN3OS/c1-23-27-17-7-4-15(5-8-17)13-24-20(26)25-14-21(10-2-3-11-21)18-12-16(22)6-9-19(18)25/h4-9,12,23H,2-3,10-11,13-14H2,1H3,(H,24,26). The van der Waals surface area contributed by atoms with Crippen LogP contribution in [0.3, 0.4) is 0 Å². The molecule has 2 aliphatic rings. The highest BCUT2D eigenvalue weighted by Crippen LogP contribution is 2.51. The summed E-state index contributed by atoms with van der Waals surface area (Å²) in [4.78, 5) is 16.1. The highest BCUT2D eigenvalue weighted by molar-refractivity contribution is 9.10. The van der Waals surface area contributed by atoms with Crippen molar-refractivity contribution in [1.82, 2.24) is 10.0 Å². The third-order valence-corrected chi connectivity index (χ3v) is 6.88. The summed E-state index contributed by atoms with van der Waals surface area (Å²) >= 11 is 5.19. The summed E-state index contributed by atoms with van der Waals surface area (Å²) in [5.74, 6) is 0. The molecule has 1 saturated carbocycles. The largest absolute Gasteiger partial charge is 0.334 e. The summed E-state index contributed by atoms with van der Waals surface area (Å²) < 4.78 is 4.16. The van der Waals surface area contributed by atoms with Gasteiger partial charge in [-0.2, -0.15) is 0 Å². The van der Waals surface area contributed by atoms with Crippen molar-refractivity contribution in [2.45, 2.75) is 42.5 Å². The van der Waals surface area contributed by atoms with Crippen molar-refractivity contribution in [2.24, 2.45) is 0 Å². The Labute approximate surface area is 173 Å². The van der Waals surface area contributed by atoms with Crippen LogP contribution in [-0.2, 0) is 12.0 Å². The Bertz CT molecular complexity index is 834. The van der Waals surface area contributed by atoms with E-state index < -0.39 is 0 Å². The lowest BCUT2D eigenvalue weighted by atomic mass is 9.81. The van der Waals surface area contributed by atoms with Crippen molar-refractivity contribution in [2.75, 3.05) is 18.5 Å². The number of fused-ring (bicyclic) bond motifs is 2. The third-order valence-electron chi connectivity index (χ3n) is 5.67. The van der Waals surface area contributed by atoms with Gasteiger partial charge in [-0.05, 0) is 73.3 Å². The summed E-state index contributed by atoms with van der Waals surface area (Å²) in [6.07, 6.45) is 4.84. The van der Waals surface area contributed by atoms with Gasteiger partial charge in [0, 0.05) is 33.6 Å². The van der Waals surface area contributed by atoms with E-state index in [0.29, 0.717) is 6.54 Å². The van der Waals surface area contributed by atoms with Gasteiger partial charge in [-0.3, -0.25) is 9.62 Å². The Morgan fingerprint density at radius 1 is 1.19 bits per heavy atom. The maximum absolute atomic E-state index is 13.0. The van der Waals surface area contributed by atoms with E-state index in [0.717, 1.165) is 27.2 Å². The predicted octanol–water partition coefficient (Wildman–Crippen LogP) is 5.22. The van der Waals surface area contributed by atoms with Crippen molar-refractivity contribution in [3.63, 3.8) is 0 Å². The Hall–Kier alpha value is -1.50. The Morgan fingerprint density at radius 2 is 1.93 bits per heavy atom. The zero-order valence-electron chi connectivity index (χ0n) is 15.4. The minimum Gasteiger partial charge on any atom is -0.334 e. The number of carbonyl (C=O) groups is 1. The number of hydrogen-bond acceptors (Lipinski definition) is 3. The van der Waals surface area contributed by atoms with Crippen molar-refractivity contribution in [1.29, 1.82) is 0 Å². The van der Waals surface area contributed by atoms with Crippen LogP contribution in [0.15, 0.2) is 51.8 Å². The molecule has 1 fully saturated rings. The van der Waals surface area contributed by atoms with Gasteiger partial charge in [0.1, 0.15) is 0 Å². The molecule has 27 heavy (non-hydrogen) atoms. The molecule has 0 aromatic heterocycles. The number of nitrogens with zero attached hydrogens (tertiary/aromatic N) is 1. The average Bonchev–Trinajstić information content (AvgIpc) is 3.27. The number of carbonyl (C=O) groups excluding carboxylic acids is 1. The molecule has 0 atom stereocenters. The number of urea groups is 1. The Morgan fingerprint density at radius 3 is 2.63 bits per heavy atom. The van der Waals surface area contributed by atoms with Crippen molar-refractivity contribution < 1.29 is 4.79 Å². The van der Waals surface area contributed by atoms with Crippen molar-refractivity contribution in [3.8, 4) is 0 Å². The van der Waals surface area contributed by atoms with Gasteiger partial charge in [-0.15, -0.1) is 0 Å². The summed E-state index contributed by atoms with van der Waals surface area (Å²) in [5.41, 5.74) is 3.65. The van der Waals surface area contributed by atoms with Crippen LogP contribution >= 0.6 is 27.9 Å². The molecule has 6 heteroatoms. The molecule has 1 aliphatic carbocycles. The maximum Gasteiger partial charge on any atom is 0.322 e.